The van der Waals surface area contributed by atoms with Gasteiger partial charge in [-0.2, -0.15) is 0 Å². The third-order valence-electron chi connectivity index (χ3n) is 5.03. The molecule has 0 spiro atoms. The third kappa shape index (κ3) is 4.79. The molecule has 0 aliphatic heterocycles. The number of carbonyl (C=O) groups is 1. The van der Waals surface area contributed by atoms with Gasteiger partial charge in [0.2, 0.25) is 5.89 Å². The molecule has 4 rings (SSSR count). The van der Waals surface area contributed by atoms with Crippen LogP contribution < -0.4 is 10.6 Å². The van der Waals surface area contributed by atoms with Crippen molar-refractivity contribution >= 4 is 63.0 Å². The summed E-state index contributed by atoms with van der Waals surface area (Å²) in [4.78, 5) is 17.4. The first kappa shape index (κ1) is 21.5. The summed E-state index contributed by atoms with van der Waals surface area (Å²) in [5.41, 5.74) is 4.08. The Morgan fingerprint density at radius 1 is 1.26 bits per heavy atom. The first-order valence-electron chi connectivity index (χ1n) is 9.81. The second-order valence-corrected chi connectivity index (χ2v) is 8.90. The Bertz CT molecular complexity index is 1250. The zero-order valence-electron chi connectivity index (χ0n) is 16.9. The molecular weight excluding hydrogens is 450 g/mol. The number of benzene rings is 2. The number of nitrogens with zero attached hydrogens (tertiary/aromatic N) is 1. The van der Waals surface area contributed by atoms with Gasteiger partial charge in [0.15, 0.2) is 10.7 Å². The number of thiophene rings is 1. The molecule has 0 saturated carbocycles. The molecule has 5 nitrogen and oxygen atoms in total. The van der Waals surface area contributed by atoms with E-state index in [0.29, 0.717) is 27.4 Å². The molecule has 0 aliphatic rings. The highest BCUT2D eigenvalue weighted by Gasteiger charge is 2.14. The SMILES string of the molecule is CC[C@@H](C)c1ccc2oc(-c3ccc(Cl)c(NC(=S)NC(=O)c4cccs4)c3)nc2c1. The summed E-state index contributed by atoms with van der Waals surface area (Å²) in [5, 5.41) is 8.09. The van der Waals surface area contributed by atoms with Crippen LogP contribution in [0.3, 0.4) is 0 Å². The molecule has 2 aromatic heterocycles. The lowest BCUT2D eigenvalue weighted by Gasteiger charge is -2.11. The van der Waals surface area contributed by atoms with E-state index in [9.17, 15) is 4.79 Å². The number of thiocarbonyl (C=S) groups is 1. The quantitative estimate of drug-likeness (QED) is 0.313. The number of anilines is 1. The molecule has 4 aromatic rings. The van der Waals surface area contributed by atoms with Gasteiger partial charge in [0.05, 0.1) is 15.6 Å². The fourth-order valence-corrected chi connectivity index (χ4v) is 4.08. The maximum atomic E-state index is 12.2. The van der Waals surface area contributed by atoms with Gasteiger partial charge in [0, 0.05) is 5.56 Å². The number of aromatic nitrogens is 1. The minimum Gasteiger partial charge on any atom is -0.436 e. The van der Waals surface area contributed by atoms with Gasteiger partial charge in [-0.25, -0.2) is 4.98 Å². The summed E-state index contributed by atoms with van der Waals surface area (Å²) in [6, 6.07) is 15.0. The van der Waals surface area contributed by atoms with Crippen LogP contribution in [0, 0.1) is 0 Å². The average Bonchev–Trinajstić information content (AvgIpc) is 3.44. The van der Waals surface area contributed by atoms with Crippen LogP contribution in [0.1, 0.15) is 41.4 Å². The van der Waals surface area contributed by atoms with Crippen LogP contribution in [0.4, 0.5) is 5.69 Å². The first-order valence-corrected chi connectivity index (χ1v) is 11.5. The van der Waals surface area contributed by atoms with Crippen LogP contribution in [0.5, 0.6) is 0 Å². The molecule has 0 bridgehead atoms. The number of rotatable bonds is 5. The fourth-order valence-electron chi connectivity index (χ4n) is 3.09. The smallest absolute Gasteiger partial charge is 0.267 e. The number of carbonyl (C=O) groups excluding carboxylic acids is 1. The van der Waals surface area contributed by atoms with E-state index < -0.39 is 0 Å². The maximum absolute atomic E-state index is 12.2. The summed E-state index contributed by atoms with van der Waals surface area (Å²) in [5.74, 6) is 0.682. The van der Waals surface area contributed by atoms with Gasteiger partial charge >= 0.3 is 0 Å². The van der Waals surface area contributed by atoms with Gasteiger partial charge in [-0.1, -0.05) is 37.6 Å². The highest BCUT2D eigenvalue weighted by Crippen LogP contribution is 2.31. The molecule has 8 heteroatoms. The van der Waals surface area contributed by atoms with E-state index in [2.05, 4.69) is 41.6 Å². The highest BCUT2D eigenvalue weighted by molar-refractivity contribution is 7.80. The molecule has 2 N–H and O–H groups in total. The number of nitrogens with one attached hydrogen (secondary N) is 2. The Morgan fingerprint density at radius 2 is 2.10 bits per heavy atom. The minimum atomic E-state index is -0.268. The second-order valence-electron chi connectivity index (χ2n) is 7.14. The van der Waals surface area contributed by atoms with Crippen molar-refractivity contribution in [2.24, 2.45) is 0 Å². The van der Waals surface area contributed by atoms with Crippen molar-refractivity contribution in [2.45, 2.75) is 26.2 Å². The van der Waals surface area contributed by atoms with Gasteiger partial charge in [-0.05, 0) is 71.9 Å². The van der Waals surface area contributed by atoms with E-state index >= 15 is 0 Å². The number of hydrogen-bond donors (Lipinski definition) is 2. The van der Waals surface area contributed by atoms with E-state index in [-0.39, 0.29) is 11.0 Å². The van der Waals surface area contributed by atoms with Crippen molar-refractivity contribution in [1.29, 1.82) is 0 Å². The molecule has 0 unspecified atom stereocenters. The second kappa shape index (κ2) is 9.18. The third-order valence-corrected chi connectivity index (χ3v) is 6.43. The van der Waals surface area contributed by atoms with Crippen LogP contribution in [-0.2, 0) is 0 Å². The molecule has 158 valence electrons. The summed E-state index contributed by atoms with van der Waals surface area (Å²) in [6.45, 7) is 4.36. The Hall–Kier alpha value is -2.74. The summed E-state index contributed by atoms with van der Waals surface area (Å²) in [7, 11) is 0. The number of amides is 1. The van der Waals surface area contributed by atoms with Crippen molar-refractivity contribution in [3.05, 3.63) is 69.4 Å². The van der Waals surface area contributed by atoms with Crippen molar-refractivity contribution in [3.8, 4) is 11.5 Å². The van der Waals surface area contributed by atoms with Crippen molar-refractivity contribution < 1.29 is 9.21 Å². The Morgan fingerprint density at radius 3 is 2.84 bits per heavy atom. The van der Waals surface area contributed by atoms with Crippen LogP contribution in [0.2, 0.25) is 5.02 Å². The van der Waals surface area contributed by atoms with Gasteiger partial charge < -0.3 is 9.73 Å². The van der Waals surface area contributed by atoms with Crippen molar-refractivity contribution in [1.82, 2.24) is 10.3 Å². The van der Waals surface area contributed by atoms with Crippen LogP contribution in [0.15, 0.2) is 58.3 Å². The maximum Gasteiger partial charge on any atom is 0.267 e. The first-order chi connectivity index (χ1) is 14.9. The van der Waals surface area contributed by atoms with E-state index in [1.807, 2.05) is 23.6 Å². The van der Waals surface area contributed by atoms with Crippen LogP contribution in [0.25, 0.3) is 22.6 Å². The number of fused-ring (bicyclic) bond motifs is 1. The normalized spacial score (nSPS) is 12.0. The monoisotopic (exact) mass is 469 g/mol. The molecule has 0 saturated heterocycles. The van der Waals surface area contributed by atoms with Gasteiger partial charge in [-0.15, -0.1) is 11.3 Å². The fraction of sp³-hybridized carbons (Fsp3) is 0.174. The molecule has 2 heterocycles. The van der Waals surface area contributed by atoms with E-state index in [4.69, 9.17) is 28.2 Å². The average molecular weight is 470 g/mol. The Kier molecular flexibility index (Phi) is 6.36. The highest BCUT2D eigenvalue weighted by atomic mass is 35.5. The summed E-state index contributed by atoms with van der Waals surface area (Å²) in [6.07, 6.45) is 1.06. The molecule has 0 aliphatic carbocycles. The minimum absolute atomic E-state index is 0.160. The van der Waals surface area contributed by atoms with E-state index in [1.54, 1.807) is 18.2 Å². The Balaban J connectivity index is 1.56. The molecular formula is C23H20ClN3O2S2. The molecule has 1 atom stereocenters. The van der Waals surface area contributed by atoms with E-state index in [1.165, 1.54) is 16.9 Å². The molecule has 31 heavy (non-hydrogen) atoms. The zero-order chi connectivity index (χ0) is 22.0. The molecule has 2 aromatic carbocycles. The zero-order valence-corrected chi connectivity index (χ0v) is 19.3. The lowest BCUT2D eigenvalue weighted by molar-refractivity contribution is 0.0981. The molecule has 1 amide bonds. The molecule has 0 fully saturated rings. The van der Waals surface area contributed by atoms with Crippen LogP contribution in [-0.4, -0.2) is 16.0 Å². The largest absolute Gasteiger partial charge is 0.436 e. The van der Waals surface area contributed by atoms with Crippen molar-refractivity contribution in [2.75, 3.05) is 5.32 Å². The molecule has 0 radical (unpaired) electrons. The number of oxazole rings is 1. The predicted molar refractivity (Wildman–Crippen MR) is 131 cm³/mol. The lowest BCUT2D eigenvalue weighted by atomic mass is 9.98. The number of halogens is 1. The topological polar surface area (TPSA) is 67.2 Å². The van der Waals surface area contributed by atoms with Gasteiger partial charge in [-0.3, -0.25) is 10.1 Å². The predicted octanol–water partition coefficient (Wildman–Crippen LogP) is 6.85. The van der Waals surface area contributed by atoms with Crippen molar-refractivity contribution in [3.63, 3.8) is 0 Å². The van der Waals surface area contributed by atoms with E-state index in [0.717, 1.165) is 23.1 Å². The lowest BCUT2D eigenvalue weighted by Crippen LogP contribution is -2.33. The standard InChI is InChI=1S/C23H20ClN3O2S2/c1-3-13(2)14-7-9-19-18(11-14)25-22(29-19)15-6-8-16(24)17(12-15)26-23(30)27-21(28)20-5-4-10-31-20/h4-13H,3H2,1-2H3,(H2,26,27,28,30)/t13-/m1/s1. The van der Waals surface area contributed by atoms with Crippen LogP contribution >= 0.6 is 35.2 Å². The number of hydrogen-bond acceptors (Lipinski definition) is 5. The Labute approximate surface area is 194 Å². The van der Waals surface area contributed by atoms with Gasteiger partial charge in [0.1, 0.15) is 5.52 Å². The van der Waals surface area contributed by atoms with Gasteiger partial charge in [0.25, 0.3) is 5.91 Å². The summed E-state index contributed by atoms with van der Waals surface area (Å²) >= 11 is 12.9. The summed E-state index contributed by atoms with van der Waals surface area (Å²) < 4.78 is 5.95.